The summed E-state index contributed by atoms with van der Waals surface area (Å²) in [5.74, 6) is -2.19. The number of hydrogen-bond acceptors (Lipinski definition) is 7. The van der Waals surface area contributed by atoms with Crippen molar-refractivity contribution >= 4 is 23.8 Å². The van der Waals surface area contributed by atoms with Crippen LogP contribution in [0.25, 0.3) is 0 Å². The lowest BCUT2D eigenvalue weighted by Crippen LogP contribution is -2.18. The molecule has 28 heavy (non-hydrogen) atoms. The highest BCUT2D eigenvalue weighted by Crippen LogP contribution is 2.12. The third-order valence-corrected chi connectivity index (χ3v) is 3.46. The standard InChI is InChI=1S/C19H18N2O7/c20-17(23)12-1-3-14(4-2-12)19(25)27-10-9-26-11-16(22)28-15-7-5-13(6-8-15)18(21)24/h1-8H,9-11H2,(H2,20,23)(H2,21,24). The van der Waals surface area contributed by atoms with Gasteiger partial charge in [0, 0.05) is 11.1 Å². The van der Waals surface area contributed by atoms with E-state index in [0.29, 0.717) is 5.56 Å². The van der Waals surface area contributed by atoms with Crippen molar-refractivity contribution in [2.45, 2.75) is 0 Å². The Balaban J connectivity index is 1.66. The number of ether oxygens (including phenoxy) is 3. The van der Waals surface area contributed by atoms with Crippen LogP contribution in [-0.4, -0.2) is 43.6 Å². The fourth-order valence-electron chi connectivity index (χ4n) is 2.05. The molecule has 0 fully saturated rings. The van der Waals surface area contributed by atoms with Crippen LogP contribution in [0.15, 0.2) is 48.5 Å². The van der Waals surface area contributed by atoms with Crippen LogP contribution in [0.5, 0.6) is 5.75 Å². The summed E-state index contributed by atoms with van der Waals surface area (Å²) in [6, 6.07) is 11.4. The maximum atomic E-state index is 11.8. The van der Waals surface area contributed by atoms with Gasteiger partial charge in [-0.2, -0.15) is 0 Å². The molecule has 0 spiro atoms. The van der Waals surface area contributed by atoms with Gasteiger partial charge in [-0.05, 0) is 48.5 Å². The average Bonchev–Trinajstić information content (AvgIpc) is 2.68. The van der Waals surface area contributed by atoms with Gasteiger partial charge in [0.2, 0.25) is 11.8 Å². The Labute approximate surface area is 160 Å². The van der Waals surface area contributed by atoms with Gasteiger partial charge in [0.25, 0.3) is 0 Å². The minimum Gasteiger partial charge on any atom is -0.460 e. The van der Waals surface area contributed by atoms with Crippen LogP contribution >= 0.6 is 0 Å². The molecule has 9 heteroatoms. The lowest BCUT2D eigenvalue weighted by atomic mass is 10.1. The number of hydrogen-bond donors (Lipinski definition) is 2. The highest BCUT2D eigenvalue weighted by atomic mass is 16.6. The van der Waals surface area contributed by atoms with E-state index in [4.69, 9.17) is 25.7 Å². The Morgan fingerprint density at radius 1 is 0.714 bits per heavy atom. The third-order valence-electron chi connectivity index (χ3n) is 3.46. The van der Waals surface area contributed by atoms with E-state index in [1.54, 1.807) is 0 Å². The first-order valence-corrected chi connectivity index (χ1v) is 8.12. The summed E-state index contributed by atoms with van der Waals surface area (Å²) < 4.78 is 15.1. The molecule has 2 aromatic carbocycles. The summed E-state index contributed by atoms with van der Waals surface area (Å²) >= 11 is 0. The van der Waals surface area contributed by atoms with E-state index in [0.717, 1.165) is 0 Å². The van der Waals surface area contributed by atoms with Crippen LogP contribution in [0.4, 0.5) is 0 Å². The van der Waals surface area contributed by atoms with Gasteiger partial charge < -0.3 is 25.7 Å². The normalized spacial score (nSPS) is 10.1. The van der Waals surface area contributed by atoms with Gasteiger partial charge in [-0.3, -0.25) is 9.59 Å². The Morgan fingerprint density at radius 2 is 1.21 bits per heavy atom. The molecule has 0 aliphatic carbocycles. The predicted octanol–water partition coefficient (Wildman–Crippen LogP) is 0.663. The summed E-state index contributed by atoms with van der Waals surface area (Å²) in [5.41, 5.74) is 11.1. The number of primary amides is 2. The zero-order chi connectivity index (χ0) is 20.5. The molecule has 2 aromatic rings. The molecule has 146 valence electrons. The molecule has 0 saturated carbocycles. The number of amides is 2. The second-order valence-corrected chi connectivity index (χ2v) is 5.49. The van der Waals surface area contributed by atoms with Crippen molar-refractivity contribution < 1.29 is 33.4 Å². The van der Waals surface area contributed by atoms with Gasteiger partial charge >= 0.3 is 11.9 Å². The molecule has 0 unspecified atom stereocenters. The van der Waals surface area contributed by atoms with E-state index in [1.165, 1.54) is 48.5 Å². The van der Waals surface area contributed by atoms with Crippen molar-refractivity contribution in [3.63, 3.8) is 0 Å². The van der Waals surface area contributed by atoms with E-state index in [-0.39, 0.29) is 36.7 Å². The van der Waals surface area contributed by atoms with Gasteiger partial charge in [-0.1, -0.05) is 0 Å². The van der Waals surface area contributed by atoms with Gasteiger partial charge in [0.15, 0.2) is 0 Å². The van der Waals surface area contributed by atoms with Gasteiger partial charge in [-0.25, -0.2) is 9.59 Å². The highest BCUT2D eigenvalue weighted by molar-refractivity contribution is 5.95. The Kier molecular flexibility index (Phi) is 7.23. The fourth-order valence-corrected chi connectivity index (χ4v) is 2.05. The lowest BCUT2D eigenvalue weighted by molar-refractivity contribution is -0.139. The summed E-state index contributed by atoms with van der Waals surface area (Å²) in [5, 5.41) is 0. The van der Waals surface area contributed by atoms with Crippen molar-refractivity contribution in [3.05, 3.63) is 65.2 Å². The van der Waals surface area contributed by atoms with Crippen molar-refractivity contribution in [3.8, 4) is 5.75 Å². The summed E-state index contributed by atoms with van der Waals surface area (Å²) in [7, 11) is 0. The molecule has 0 aromatic heterocycles. The molecule has 0 saturated heterocycles. The Hall–Kier alpha value is -3.72. The van der Waals surface area contributed by atoms with E-state index in [9.17, 15) is 19.2 Å². The van der Waals surface area contributed by atoms with Crippen molar-refractivity contribution in [2.75, 3.05) is 19.8 Å². The molecule has 0 aliphatic heterocycles. The molecule has 0 radical (unpaired) electrons. The van der Waals surface area contributed by atoms with E-state index < -0.39 is 23.8 Å². The zero-order valence-electron chi connectivity index (χ0n) is 14.8. The van der Waals surface area contributed by atoms with Crippen LogP contribution < -0.4 is 16.2 Å². The largest absolute Gasteiger partial charge is 0.460 e. The molecule has 4 N–H and O–H groups in total. The molecule has 0 heterocycles. The van der Waals surface area contributed by atoms with Crippen molar-refractivity contribution in [1.29, 1.82) is 0 Å². The number of benzene rings is 2. The molecular weight excluding hydrogens is 368 g/mol. The summed E-state index contributed by atoms with van der Waals surface area (Å²) in [6.07, 6.45) is 0. The number of carbonyl (C=O) groups is 4. The summed E-state index contributed by atoms with van der Waals surface area (Å²) in [4.78, 5) is 45.4. The molecule has 0 bridgehead atoms. The number of carbonyl (C=O) groups excluding carboxylic acids is 4. The lowest BCUT2D eigenvalue weighted by Gasteiger charge is -2.07. The smallest absolute Gasteiger partial charge is 0.338 e. The van der Waals surface area contributed by atoms with Gasteiger partial charge in [-0.15, -0.1) is 0 Å². The third kappa shape index (κ3) is 6.22. The van der Waals surface area contributed by atoms with Crippen LogP contribution in [0.1, 0.15) is 31.1 Å². The number of rotatable bonds is 9. The fraction of sp³-hybridized carbons (Fsp3) is 0.158. The molecule has 2 amide bonds. The first kappa shape index (κ1) is 20.6. The van der Waals surface area contributed by atoms with Crippen LogP contribution in [0, 0.1) is 0 Å². The number of nitrogens with two attached hydrogens (primary N) is 2. The van der Waals surface area contributed by atoms with Crippen molar-refractivity contribution in [2.24, 2.45) is 11.5 Å². The molecule has 0 atom stereocenters. The van der Waals surface area contributed by atoms with Crippen LogP contribution in [0.3, 0.4) is 0 Å². The molecule has 0 aliphatic rings. The van der Waals surface area contributed by atoms with Crippen molar-refractivity contribution in [1.82, 2.24) is 0 Å². The molecule has 9 nitrogen and oxygen atoms in total. The topological polar surface area (TPSA) is 148 Å². The second-order valence-electron chi connectivity index (χ2n) is 5.49. The first-order chi connectivity index (χ1) is 13.4. The minimum absolute atomic E-state index is 0.0131. The SMILES string of the molecule is NC(=O)c1ccc(OC(=O)COCCOC(=O)c2ccc(C(N)=O)cc2)cc1. The monoisotopic (exact) mass is 386 g/mol. The number of esters is 2. The Bertz CT molecular complexity index is 861. The van der Waals surface area contributed by atoms with Crippen LogP contribution in [-0.2, 0) is 14.3 Å². The molecular formula is C19H18N2O7. The summed E-state index contributed by atoms with van der Waals surface area (Å²) in [6.45, 7) is -0.430. The quantitative estimate of drug-likeness (QED) is 0.365. The first-order valence-electron chi connectivity index (χ1n) is 8.12. The van der Waals surface area contributed by atoms with E-state index in [1.807, 2.05) is 0 Å². The maximum Gasteiger partial charge on any atom is 0.338 e. The Morgan fingerprint density at radius 3 is 1.75 bits per heavy atom. The van der Waals surface area contributed by atoms with E-state index in [2.05, 4.69) is 0 Å². The highest BCUT2D eigenvalue weighted by Gasteiger charge is 2.10. The van der Waals surface area contributed by atoms with Crippen LogP contribution in [0.2, 0.25) is 0 Å². The zero-order valence-corrected chi connectivity index (χ0v) is 14.8. The average molecular weight is 386 g/mol. The predicted molar refractivity (Wildman–Crippen MR) is 96.7 cm³/mol. The van der Waals surface area contributed by atoms with Gasteiger partial charge in [0.05, 0.1) is 12.2 Å². The second kappa shape index (κ2) is 9.83. The van der Waals surface area contributed by atoms with Gasteiger partial charge in [0.1, 0.15) is 19.0 Å². The van der Waals surface area contributed by atoms with E-state index >= 15 is 0 Å². The molecule has 2 rings (SSSR count). The maximum absolute atomic E-state index is 11.8. The minimum atomic E-state index is -0.653.